The molecule has 4 rings (SSSR count). The molecule has 0 saturated carbocycles. The van der Waals surface area contributed by atoms with Crippen molar-refractivity contribution in [3.8, 4) is 0 Å². The molecule has 0 aliphatic carbocycles. The third-order valence-corrected chi connectivity index (χ3v) is 4.58. The SMILES string of the molecule is O=C(NCCc1ccccc1)c1cnc(N2CCc3ccccc32)cn1. The number of carbonyl (C=O) groups is 1. The van der Waals surface area contributed by atoms with Crippen molar-refractivity contribution in [3.63, 3.8) is 0 Å². The number of fused-ring (bicyclic) bond motifs is 1. The summed E-state index contributed by atoms with van der Waals surface area (Å²) in [6, 6.07) is 18.4. The topological polar surface area (TPSA) is 58.1 Å². The average Bonchev–Trinajstić information content (AvgIpc) is 3.13. The van der Waals surface area contributed by atoms with Gasteiger partial charge in [-0.1, -0.05) is 48.5 Å². The minimum atomic E-state index is -0.193. The number of nitrogens with one attached hydrogen (secondary N) is 1. The van der Waals surface area contributed by atoms with Crippen LogP contribution in [-0.2, 0) is 12.8 Å². The van der Waals surface area contributed by atoms with E-state index in [0.717, 1.165) is 25.2 Å². The maximum absolute atomic E-state index is 12.2. The van der Waals surface area contributed by atoms with Crippen molar-refractivity contribution < 1.29 is 4.79 Å². The quantitative estimate of drug-likeness (QED) is 0.772. The molecule has 2 heterocycles. The van der Waals surface area contributed by atoms with Crippen LogP contribution in [0.2, 0.25) is 0 Å². The first kappa shape index (κ1) is 16.3. The fourth-order valence-corrected chi connectivity index (χ4v) is 3.21. The van der Waals surface area contributed by atoms with Crippen LogP contribution in [0, 0.1) is 0 Å². The number of carbonyl (C=O) groups excluding carboxylic acids is 1. The van der Waals surface area contributed by atoms with E-state index in [9.17, 15) is 4.79 Å². The van der Waals surface area contributed by atoms with Gasteiger partial charge in [0.25, 0.3) is 5.91 Å². The number of hydrogen-bond acceptors (Lipinski definition) is 4. The smallest absolute Gasteiger partial charge is 0.271 e. The monoisotopic (exact) mass is 344 g/mol. The maximum Gasteiger partial charge on any atom is 0.271 e. The Kier molecular flexibility index (Phi) is 4.60. The van der Waals surface area contributed by atoms with Crippen molar-refractivity contribution in [1.29, 1.82) is 0 Å². The second-order valence-electron chi connectivity index (χ2n) is 6.28. The van der Waals surface area contributed by atoms with Crippen LogP contribution in [0.25, 0.3) is 0 Å². The van der Waals surface area contributed by atoms with Crippen molar-refractivity contribution in [2.45, 2.75) is 12.8 Å². The van der Waals surface area contributed by atoms with Gasteiger partial charge in [0.1, 0.15) is 5.69 Å². The van der Waals surface area contributed by atoms with Crippen LogP contribution in [-0.4, -0.2) is 29.0 Å². The lowest BCUT2D eigenvalue weighted by Gasteiger charge is -2.17. The van der Waals surface area contributed by atoms with Crippen molar-refractivity contribution in [1.82, 2.24) is 15.3 Å². The molecule has 5 nitrogen and oxygen atoms in total. The van der Waals surface area contributed by atoms with Crippen molar-refractivity contribution >= 4 is 17.4 Å². The summed E-state index contributed by atoms with van der Waals surface area (Å²) < 4.78 is 0. The van der Waals surface area contributed by atoms with E-state index in [-0.39, 0.29) is 5.91 Å². The van der Waals surface area contributed by atoms with Crippen LogP contribution in [0.5, 0.6) is 0 Å². The third-order valence-electron chi connectivity index (χ3n) is 4.58. The number of amides is 1. The second-order valence-corrected chi connectivity index (χ2v) is 6.28. The zero-order valence-electron chi connectivity index (χ0n) is 14.4. The van der Waals surface area contributed by atoms with E-state index < -0.39 is 0 Å². The van der Waals surface area contributed by atoms with Gasteiger partial charge in [-0.3, -0.25) is 4.79 Å². The summed E-state index contributed by atoms with van der Waals surface area (Å²) >= 11 is 0. The van der Waals surface area contributed by atoms with E-state index >= 15 is 0 Å². The number of hydrogen-bond donors (Lipinski definition) is 1. The van der Waals surface area contributed by atoms with Gasteiger partial charge < -0.3 is 10.2 Å². The van der Waals surface area contributed by atoms with Crippen LogP contribution in [0.15, 0.2) is 67.0 Å². The summed E-state index contributed by atoms with van der Waals surface area (Å²) in [6.45, 7) is 1.46. The number of rotatable bonds is 5. The number of aromatic nitrogens is 2. The maximum atomic E-state index is 12.2. The normalized spacial score (nSPS) is 12.7. The Morgan fingerprint density at radius 3 is 2.62 bits per heavy atom. The second kappa shape index (κ2) is 7.35. The predicted molar refractivity (Wildman–Crippen MR) is 102 cm³/mol. The Morgan fingerprint density at radius 1 is 1.00 bits per heavy atom. The largest absolute Gasteiger partial charge is 0.350 e. The van der Waals surface area contributed by atoms with Gasteiger partial charge in [0, 0.05) is 18.8 Å². The molecule has 1 N–H and O–H groups in total. The van der Waals surface area contributed by atoms with Gasteiger partial charge in [-0.15, -0.1) is 0 Å². The van der Waals surface area contributed by atoms with Gasteiger partial charge in [0.05, 0.1) is 12.4 Å². The molecule has 130 valence electrons. The Labute approximate surface area is 152 Å². The summed E-state index contributed by atoms with van der Waals surface area (Å²) in [4.78, 5) is 23.1. The molecule has 0 radical (unpaired) electrons. The molecule has 0 saturated heterocycles. The zero-order chi connectivity index (χ0) is 17.8. The molecule has 5 heteroatoms. The predicted octanol–water partition coefficient (Wildman–Crippen LogP) is 3.14. The molecule has 0 unspecified atom stereocenters. The number of para-hydroxylation sites is 1. The molecule has 1 aliphatic rings. The van der Waals surface area contributed by atoms with Gasteiger partial charge in [-0.2, -0.15) is 0 Å². The number of nitrogens with zero attached hydrogens (tertiary/aromatic N) is 3. The highest BCUT2D eigenvalue weighted by atomic mass is 16.1. The van der Waals surface area contributed by atoms with E-state index in [4.69, 9.17) is 0 Å². The highest BCUT2D eigenvalue weighted by Gasteiger charge is 2.21. The molecule has 0 fully saturated rings. The number of anilines is 2. The summed E-state index contributed by atoms with van der Waals surface area (Å²) in [7, 11) is 0. The first-order valence-electron chi connectivity index (χ1n) is 8.81. The molecular weight excluding hydrogens is 324 g/mol. The Morgan fingerprint density at radius 2 is 1.81 bits per heavy atom. The molecule has 0 atom stereocenters. The summed E-state index contributed by atoms with van der Waals surface area (Å²) in [6.07, 6.45) is 5.02. The first-order valence-corrected chi connectivity index (χ1v) is 8.81. The fourth-order valence-electron chi connectivity index (χ4n) is 3.21. The molecule has 1 amide bonds. The van der Waals surface area contributed by atoms with Crippen molar-refractivity contribution in [3.05, 3.63) is 83.8 Å². The molecule has 0 spiro atoms. The highest BCUT2D eigenvalue weighted by molar-refractivity contribution is 5.92. The highest BCUT2D eigenvalue weighted by Crippen LogP contribution is 2.32. The molecular formula is C21H20N4O. The standard InChI is InChI=1S/C21H20N4O/c26-21(22-12-10-16-6-2-1-3-7-16)18-14-24-20(15-23-18)25-13-11-17-8-4-5-9-19(17)25/h1-9,14-15H,10-13H2,(H,22,26). The van der Waals surface area contributed by atoms with Crippen LogP contribution < -0.4 is 10.2 Å². The van der Waals surface area contributed by atoms with Crippen molar-refractivity contribution in [2.75, 3.05) is 18.0 Å². The minimum Gasteiger partial charge on any atom is -0.350 e. The van der Waals surface area contributed by atoms with Crippen LogP contribution >= 0.6 is 0 Å². The van der Waals surface area contributed by atoms with E-state index in [1.807, 2.05) is 24.3 Å². The zero-order valence-corrected chi connectivity index (χ0v) is 14.4. The van der Waals surface area contributed by atoms with Gasteiger partial charge >= 0.3 is 0 Å². The lowest BCUT2D eigenvalue weighted by Crippen LogP contribution is -2.27. The van der Waals surface area contributed by atoms with E-state index in [2.05, 4.69) is 50.5 Å². The van der Waals surface area contributed by atoms with E-state index in [1.54, 1.807) is 12.4 Å². The molecule has 2 aromatic carbocycles. The van der Waals surface area contributed by atoms with Gasteiger partial charge in [0.15, 0.2) is 5.82 Å². The minimum absolute atomic E-state index is 0.193. The molecule has 3 aromatic rings. The molecule has 0 bridgehead atoms. The van der Waals surface area contributed by atoms with Crippen LogP contribution in [0.4, 0.5) is 11.5 Å². The van der Waals surface area contributed by atoms with Gasteiger partial charge in [0.2, 0.25) is 0 Å². The number of benzene rings is 2. The van der Waals surface area contributed by atoms with E-state index in [1.165, 1.54) is 16.8 Å². The summed E-state index contributed by atoms with van der Waals surface area (Å²) in [5.41, 5.74) is 4.02. The van der Waals surface area contributed by atoms with Crippen LogP contribution in [0.1, 0.15) is 21.6 Å². The van der Waals surface area contributed by atoms with Crippen LogP contribution in [0.3, 0.4) is 0 Å². The Bertz CT molecular complexity index is 893. The molecule has 26 heavy (non-hydrogen) atoms. The van der Waals surface area contributed by atoms with E-state index in [0.29, 0.717) is 12.2 Å². The first-order chi connectivity index (χ1) is 12.8. The summed E-state index contributed by atoms with van der Waals surface area (Å²) in [5, 5.41) is 2.90. The fraction of sp³-hybridized carbons (Fsp3) is 0.190. The van der Waals surface area contributed by atoms with Crippen molar-refractivity contribution in [2.24, 2.45) is 0 Å². The molecule has 1 aromatic heterocycles. The molecule has 1 aliphatic heterocycles. The third kappa shape index (κ3) is 3.42. The van der Waals surface area contributed by atoms with Gasteiger partial charge in [-0.05, 0) is 30.0 Å². The lowest BCUT2D eigenvalue weighted by molar-refractivity contribution is 0.0949. The lowest BCUT2D eigenvalue weighted by atomic mass is 10.1. The summed E-state index contributed by atoms with van der Waals surface area (Å²) in [5.74, 6) is 0.581. The Balaban J connectivity index is 1.38. The average molecular weight is 344 g/mol. The Hall–Kier alpha value is -3.21. The van der Waals surface area contributed by atoms with Gasteiger partial charge in [-0.25, -0.2) is 9.97 Å².